The lowest BCUT2D eigenvalue weighted by Gasteiger charge is -2.23. The van der Waals surface area contributed by atoms with Gasteiger partial charge < -0.3 is 19.3 Å². The molecule has 0 atom stereocenters. The average molecular weight is 699 g/mol. The van der Waals surface area contributed by atoms with Gasteiger partial charge in [-0.05, 0) is 97.5 Å². The first kappa shape index (κ1) is 37.1. The average Bonchev–Trinajstić information content (AvgIpc) is 3.74. The molecule has 4 aromatic carbocycles. The molecule has 0 amide bonds. The Morgan fingerprint density at radius 2 is 1.04 bits per heavy atom. The van der Waals surface area contributed by atoms with Gasteiger partial charge in [0, 0.05) is 29.1 Å². The molecule has 264 valence electrons. The van der Waals surface area contributed by atoms with Gasteiger partial charge in [-0.25, -0.2) is 9.97 Å². The number of hydrogen-bond acceptors (Lipinski definition) is 7. The molecule has 6 rings (SSSR count). The van der Waals surface area contributed by atoms with Gasteiger partial charge in [0.05, 0.1) is 13.1 Å². The summed E-state index contributed by atoms with van der Waals surface area (Å²) in [5, 5.41) is 2.99. The fourth-order valence-corrected chi connectivity index (χ4v) is 6.25. The van der Waals surface area contributed by atoms with Crippen molar-refractivity contribution in [2.75, 3.05) is 36.1 Å². The summed E-state index contributed by atoms with van der Waals surface area (Å²) in [4.78, 5) is 13.3. The Morgan fingerprint density at radius 3 is 1.51 bits per heavy atom. The molecule has 6 nitrogen and oxygen atoms in total. The smallest absolute Gasteiger partial charge is 0.189 e. The fourth-order valence-electron chi connectivity index (χ4n) is 5.57. The molecule has 0 bridgehead atoms. The summed E-state index contributed by atoms with van der Waals surface area (Å²) in [5.74, 6) is 2.77. The molecule has 0 aliphatic rings. The van der Waals surface area contributed by atoms with Crippen LogP contribution in [0.15, 0.2) is 145 Å². The predicted octanol–water partition coefficient (Wildman–Crippen LogP) is 11.3. The van der Waals surface area contributed by atoms with Crippen LogP contribution in [0, 0.1) is 0 Å². The Balaban J connectivity index is 0.000000198. The van der Waals surface area contributed by atoms with Crippen molar-refractivity contribution < 1.29 is 9.47 Å². The number of unbranched alkanes of at least 4 members (excludes halogenated alkanes) is 2. The number of pyridine rings is 1. The maximum Gasteiger partial charge on any atom is 0.189 e. The second-order valence-electron chi connectivity index (χ2n) is 12.2. The van der Waals surface area contributed by atoms with Crippen LogP contribution in [0.2, 0.25) is 0 Å². The normalized spacial score (nSPS) is 10.5. The molecule has 0 saturated heterocycles. The first-order valence-corrected chi connectivity index (χ1v) is 19.0. The van der Waals surface area contributed by atoms with E-state index in [4.69, 9.17) is 9.47 Å². The van der Waals surface area contributed by atoms with Crippen LogP contribution in [0.25, 0.3) is 0 Å². The van der Waals surface area contributed by atoms with Crippen LogP contribution in [0.3, 0.4) is 0 Å². The quantitative estimate of drug-likeness (QED) is 0.0890. The van der Waals surface area contributed by atoms with Crippen molar-refractivity contribution in [1.29, 1.82) is 0 Å². The van der Waals surface area contributed by atoms with E-state index in [2.05, 4.69) is 106 Å². The largest absolute Gasteiger partial charge is 0.492 e. The zero-order valence-corrected chi connectivity index (χ0v) is 30.8. The van der Waals surface area contributed by atoms with Gasteiger partial charge in [-0.2, -0.15) is 0 Å². The summed E-state index contributed by atoms with van der Waals surface area (Å²) >= 11 is 1.64. The van der Waals surface area contributed by atoms with Crippen LogP contribution >= 0.6 is 11.3 Å². The van der Waals surface area contributed by atoms with Gasteiger partial charge in [0.25, 0.3) is 0 Å². The van der Waals surface area contributed by atoms with E-state index in [1.807, 2.05) is 72.4 Å². The number of anilines is 4. The van der Waals surface area contributed by atoms with Crippen LogP contribution in [-0.4, -0.2) is 36.3 Å². The summed E-state index contributed by atoms with van der Waals surface area (Å²) in [6.07, 6.45) is 10.9. The highest BCUT2D eigenvalue weighted by Crippen LogP contribution is 2.27. The van der Waals surface area contributed by atoms with Gasteiger partial charge in [-0.1, -0.05) is 93.4 Å². The topological polar surface area (TPSA) is 50.7 Å². The number of aryl methyl sites for hydroxylation is 2. The molecule has 0 spiro atoms. The summed E-state index contributed by atoms with van der Waals surface area (Å²) in [7, 11) is 0. The van der Waals surface area contributed by atoms with Gasteiger partial charge >= 0.3 is 0 Å². The molecule has 0 aliphatic carbocycles. The number of benzene rings is 4. The number of nitrogens with zero attached hydrogens (tertiary/aromatic N) is 4. The second kappa shape index (κ2) is 21.2. The van der Waals surface area contributed by atoms with Crippen LogP contribution in [-0.2, 0) is 12.8 Å². The minimum Gasteiger partial charge on any atom is -0.492 e. The van der Waals surface area contributed by atoms with Crippen molar-refractivity contribution >= 4 is 33.7 Å². The summed E-state index contributed by atoms with van der Waals surface area (Å²) < 4.78 is 11.9. The van der Waals surface area contributed by atoms with Gasteiger partial charge in [0.15, 0.2) is 5.13 Å². The third kappa shape index (κ3) is 12.3. The third-order valence-corrected chi connectivity index (χ3v) is 9.16. The van der Waals surface area contributed by atoms with Crippen molar-refractivity contribution in [1.82, 2.24) is 9.97 Å². The monoisotopic (exact) mass is 698 g/mol. The number of aromatic nitrogens is 2. The van der Waals surface area contributed by atoms with Gasteiger partial charge in [-0.15, -0.1) is 11.3 Å². The number of hydrogen-bond donors (Lipinski definition) is 0. The maximum absolute atomic E-state index is 5.97. The van der Waals surface area contributed by atoms with E-state index in [1.54, 1.807) is 11.3 Å². The first-order chi connectivity index (χ1) is 25.2. The van der Waals surface area contributed by atoms with Crippen LogP contribution in [0.1, 0.15) is 50.7 Å². The molecule has 0 radical (unpaired) electrons. The van der Waals surface area contributed by atoms with Gasteiger partial charge in [0.2, 0.25) is 0 Å². The molecule has 2 heterocycles. The zero-order chi connectivity index (χ0) is 35.4. The van der Waals surface area contributed by atoms with E-state index in [-0.39, 0.29) is 0 Å². The standard InChI is InChI=1S/C23H26N2O.C21H24N2OS/c1-2-3-9-20-13-15-22(16-14-20)26-19-18-25(21-10-5-4-6-11-21)23-12-7-8-17-24-23;1-2-3-7-18-10-12-20(13-11-18)24-16-15-23(21-22-14-17-25-21)19-8-5-4-6-9-19/h4-8,10-17H,2-3,9,18-19H2,1H3;4-6,8-14,17H,2-3,7,15-16H2,1H3. The summed E-state index contributed by atoms with van der Waals surface area (Å²) in [6.45, 7) is 7.15. The first-order valence-electron chi connectivity index (χ1n) is 18.1. The number of rotatable bonds is 18. The molecule has 0 N–H and O–H groups in total. The molecule has 0 unspecified atom stereocenters. The minimum atomic E-state index is 0.597. The van der Waals surface area contributed by atoms with E-state index in [0.717, 1.165) is 59.8 Å². The molecular weight excluding hydrogens is 649 g/mol. The van der Waals surface area contributed by atoms with Crippen LogP contribution in [0.4, 0.5) is 22.3 Å². The molecule has 0 fully saturated rings. The lowest BCUT2D eigenvalue weighted by Crippen LogP contribution is -2.24. The van der Waals surface area contributed by atoms with Crippen molar-refractivity contribution in [3.63, 3.8) is 0 Å². The lowest BCUT2D eigenvalue weighted by atomic mass is 10.1. The van der Waals surface area contributed by atoms with Gasteiger partial charge in [0.1, 0.15) is 30.5 Å². The molecular formula is C44H50N4O2S. The molecule has 0 saturated carbocycles. The van der Waals surface area contributed by atoms with E-state index < -0.39 is 0 Å². The second-order valence-corrected chi connectivity index (χ2v) is 13.0. The number of ether oxygens (including phenoxy) is 2. The Bertz CT molecular complexity index is 1710. The predicted molar refractivity (Wildman–Crippen MR) is 214 cm³/mol. The van der Waals surface area contributed by atoms with Crippen molar-refractivity contribution in [3.05, 3.63) is 156 Å². The lowest BCUT2D eigenvalue weighted by molar-refractivity contribution is 0.327. The fraction of sp³-hybridized carbons (Fsp3) is 0.273. The molecule has 51 heavy (non-hydrogen) atoms. The van der Waals surface area contributed by atoms with E-state index in [1.165, 1.54) is 36.8 Å². The van der Waals surface area contributed by atoms with Crippen LogP contribution in [0.5, 0.6) is 11.5 Å². The number of thiazole rings is 1. The Labute approximate surface area is 308 Å². The Kier molecular flexibility index (Phi) is 15.4. The number of para-hydroxylation sites is 2. The zero-order valence-electron chi connectivity index (χ0n) is 29.9. The van der Waals surface area contributed by atoms with Crippen LogP contribution < -0.4 is 19.3 Å². The van der Waals surface area contributed by atoms with E-state index in [9.17, 15) is 0 Å². The molecule has 6 aromatic rings. The van der Waals surface area contributed by atoms with E-state index >= 15 is 0 Å². The minimum absolute atomic E-state index is 0.597. The van der Waals surface area contributed by atoms with Crippen molar-refractivity contribution in [3.8, 4) is 11.5 Å². The third-order valence-electron chi connectivity index (χ3n) is 8.36. The van der Waals surface area contributed by atoms with E-state index in [0.29, 0.717) is 13.2 Å². The maximum atomic E-state index is 5.97. The Morgan fingerprint density at radius 1 is 0.529 bits per heavy atom. The van der Waals surface area contributed by atoms with Crippen molar-refractivity contribution in [2.24, 2.45) is 0 Å². The molecule has 7 heteroatoms. The Hall–Kier alpha value is -5.14. The highest BCUT2D eigenvalue weighted by Gasteiger charge is 2.12. The molecule has 0 aliphatic heterocycles. The highest BCUT2D eigenvalue weighted by molar-refractivity contribution is 7.13. The SMILES string of the molecule is CCCCc1ccc(OCCN(c2ccccc2)c2ccccn2)cc1.CCCCc1ccc(OCCN(c2ccccc2)c2nccs2)cc1. The highest BCUT2D eigenvalue weighted by atomic mass is 32.1. The van der Waals surface area contributed by atoms with Crippen molar-refractivity contribution in [2.45, 2.75) is 52.4 Å². The van der Waals surface area contributed by atoms with Gasteiger partial charge in [-0.3, -0.25) is 0 Å². The summed E-state index contributed by atoms with van der Waals surface area (Å²) in [5.41, 5.74) is 5.00. The summed E-state index contributed by atoms with van der Waals surface area (Å²) in [6, 6.07) is 43.5. The molecule has 2 aromatic heterocycles.